The molecule has 1 heteroatoms. The fraction of sp³-hybridized carbons (Fsp3) is 0.600. The summed E-state index contributed by atoms with van der Waals surface area (Å²) in [5, 5.41) is 0. The van der Waals surface area contributed by atoms with E-state index in [9.17, 15) is 0 Å². The van der Waals surface area contributed by atoms with Gasteiger partial charge in [0.25, 0.3) is 0 Å². The second-order valence-corrected chi connectivity index (χ2v) is 3.58. The van der Waals surface area contributed by atoms with Crippen LogP contribution >= 0.6 is 0 Å². The molecule has 1 nitrogen and oxygen atoms in total. The van der Waals surface area contributed by atoms with Gasteiger partial charge in [-0.1, -0.05) is 30.7 Å². The van der Waals surface area contributed by atoms with Crippen LogP contribution in [0.3, 0.4) is 0 Å². The van der Waals surface area contributed by atoms with E-state index in [1.807, 2.05) is 0 Å². The lowest BCUT2D eigenvalue weighted by molar-refractivity contribution is 0.293. The van der Waals surface area contributed by atoms with Gasteiger partial charge in [0.05, 0.1) is 0 Å². The number of hydrogen-bond donors (Lipinski definition) is 0. The van der Waals surface area contributed by atoms with Crippen molar-refractivity contribution < 1.29 is 0 Å². The Balaban J connectivity index is 2.69. The van der Waals surface area contributed by atoms with Gasteiger partial charge in [0.15, 0.2) is 0 Å². The third kappa shape index (κ3) is 1.93. The van der Waals surface area contributed by atoms with Crippen molar-refractivity contribution >= 4 is 0 Å². The van der Waals surface area contributed by atoms with Crippen LogP contribution in [0.15, 0.2) is 23.8 Å². The summed E-state index contributed by atoms with van der Waals surface area (Å²) in [6, 6.07) is 0.582. The van der Waals surface area contributed by atoms with Crippen LogP contribution in [0.5, 0.6) is 0 Å². The highest BCUT2D eigenvalue weighted by atomic mass is 15.1. The Hall–Kier alpha value is -0.560. The molecule has 11 heavy (non-hydrogen) atoms. The topological polar surface area (TPSA) is 3.24 Å². The maximum atomic E-state index is 2.32. The molecule has 62 valence electrons. The van der Waals surface area contributed by atoms with E-state index in [4.69, 9.17) is 0 Å². The van der Waals surface area contributed by atoms with Gasteiger partial charge in [-0.3, -0.25) is 0 Å². The van der Waals surface area contributed by atoms with Crippen molar-refractivity contribution in [1.29, 1.82) is 0 Å². The van der Waals surface area contributed by atoms with E-state index in [2.05, 4.69) is 51.1 Å². The van der Waals surface area contributed by atoms with Gasteiger partial charge in [0, 0.05) is 6.04 Å². The highest BCUT2D eigenvalue weighted by molar-refractivity contribution is 5.24. The molecule has 0 saturated carbocycles. The van der Waals surface area contributed by atoms with Gasteiger partial charge < -0.3 is 4.90 Å². The first-order chi connectivity index (χ1) is 5.11. The molecule has 0 aromatic rings. The van der Waals surface area contributed by atoms with Gasteiger partial charge in [-0.05, 0) is 26.9 Å². The molecular weight excluding hydrogens is 134 g/mol. The molecule has 0 saturated heterocycles. The van der Waals surface area contributed by atoms with Crippen LogP contribution in [0, 0.1) is 5.92 Å². The average molecular weight is 151 g/mol. The highest BCUT2D eigenvalue weighted by Gasteiger charge is 2.16. The average Bonchev–Trinajstić information content (AvgIpc) is 1.85. The Labute approximate surface area is 69.4 Å². The van der Waals surface area contributed by atoms with Crippen molar-refractivity contribution in [2.75, 3.05) is 14.1 Å². The van der Waals surface area contributed by atoms with Crippen molar-refractivity contribution in [3.63, 3.8) is 0 Å². The minimum atomic E-state index is 0.582. The molecular formula is C10H17N. The third-order valence-corrected chi connectivity index (χ3v) is 2.22. The van der Waals surface area contributed by atoms with E-state index in [-0.39, 0.29) is 0 Å². The Morgan fingerprint density at radius 2 is 2.00 bits per heavy atom. The molecule has 1 aliphatic rings. The van der Waals surface area contributed by atoms with Gasteiger partial charge in [-0.15, -0.1) is 0 Å². The van der Waals surface area contributed by atoms with Gasteiger partial charge in [-0.25, -0.2) is 0 Å². The molecule has 0 heterocycles. The molecule has 1 aliphatic carbocycles. The molecule has 2 atom stereocenters. The standard InChI is InChI=1S/C10H17N/c1-8-5-6-10(11(3)4)9(2)7-8/h5-7,9-10H,1-4H3. The van der Waals surface area contributed by atoms with Crippen LogP contribution in [0.1, 0.15) is 13.8 Å². The first-order valence-electron chi connectivity index (χ1n) is 4.14. The van der Waals surface area contributed by atoms with Crippen molar-refractivity contribution in [2.45, 2.75) is 19.9 Å². The summed E-state index contributed by atoms with van der Waals surface area (Å²) in [4.78, 5) is 2.25. The maximum Gasteiger partial charge on any atom is 0.0335 e. The summed E-state index contributed by atoms with van der Waals surface area (Å²) in [6.45, 7) is 4.41. The number of rotatable bonds is 1. The second-order valence-electron chi connectivity index (χ2n) is 3.58. The lowest BCUT2D eigenvalue weighted by Gasteiger charge is -2.28. The Bertz CT molecular complexity index is 189. The minimum Gasteiger partial charge on any atom is -0.302 e. The summed E-state index contributed by atoms with van der Waals surface area (Å²) >= 11 is 0. The quantitative estimate of drug-likeness (QED) is 0.554. The number of hydrogen-bond acceptors (Lipinski definition) is 1. The van der Waals surface area contributed by atoms with Crippen molar-refractivity contribution in [3.8, 4) is 0 Å². The molecule has 0 aromatic heterocycles. The van der Waals surface area contributed by atoms with Crippen LogP contribution < -0.4 is 0 Å². The van der Waals surface area contributed by atoms with Gasteiger partial charge in [0.2, 0.25) is 0 Å². The third-order valence-electron chi connectivity index (χ3n) is 2.22. The Morgan fingerprint density at radius 3 is 2.45 bits per heavy atom. The summed E-state index contributed by atoms with van der Waals surface area (Å²) in [5.41, 5.74) is 1.38. The predicted molar refractivity (Wildman–Crippen MR) is 49.5 cm³/mol. The normalized spacial score (nSPS) is 30.8. The number of allylic oxidation sites excluding steroid dienone is 2. The fourth-order valence-corrected chi connectivity index (χ4v) is 1.64. The van der Waals surface area contributed by atoms with E-state index < -0.39 is 0 Å². The SMILES string of the molecule is CC1=CC(C)C(N(C)C)C=C1. The van der Waals surface area contributed by atoms with E-state index in [1.54, 1.807) is 0 Å². The van der Waals surface area contributed by atoms with Crippen molar-refractivity contribution in [1.82, 2.24) is 4.90 Å². The molecule has 0 bridgehead atoms. The van der Waals surface area contributed by atoms with Crippen LogP contribution in [-0.2, 0) is 0 Å². The smallest absolute Gasteiger partial charge is 0.0335 e. The van der Waals surface area contributed by atoms with Crippen molar-refractivity contribution in [3.05, 3.63) is 23.8 Å². The van der Waals surface area contributed by atoms with Gasteiger partial charge in [0.1, 0.15) is 0 Å². The molecule has 2 unspecified atom stereocenters. The molecule has 0 radical (unpaired) electrons. The van der Waals surface area contributed by atoms with Crippen LogP contribution in [0.2, 0.25) is 0 Å². The molecule has 0 fully saturated rings. The zero-order chi connectivity index (χ0) is 8.43. The van der Waals surface area contributed by atoms with Gasteiger partial charge in [-0.2, -0.15) is 0 Å². The summed E-state index contributed by atoms with van der Waals surface area (Å²) < 4.78 is 0. The van der Waals surface area contributed by atoms with Crippen molar-refractivity contribution in [2.24, 2.45) is 5.92 Å². The summed E-state index contributed by atoms with van der Waals surface area (Å²) in [5.74, 6) is 0.648. The largest absolute Gasteiger partial charge is 0.302 e. The highest BCUT2D eigenvalue weighted by Crippen LogP contribution is 2.19. The Morgan fingerprint density at radius 1 is 1.36 bits per heavy atom. The van der Waals surface area contributed by atoms with Crippen LogP contribution in [0.25, 0.3) is 0 Å². The maximum absolute atomic E-state index is 2.32. The van der Waals surface area contributed by atoms with Crippen LogP contribution in [-0.4, -0.2) is 25.0 Å². The van der Waals surface area contributed by atoms with E-state index in [0.717, 1.165) is 0 Å². The second kappa shape index (κ2) is 3.22. The lowest BCUT2D eigenvalue weighted by Crippen LogP contribution is -2.32. The minimum absolute atomic E-state index is 0.582. The predicted octanol–water partition coefficient (Wildman–Crippen LogP) is 2.07. The molecule has 0 spiro atoms. The van der Waals surface area contributed by atoms with Gasteiger partial charge >= 0.3 is 0 Å². The van der Waals surface area contributed by atoms with E-state index in [0.29, 0.717) is 12.0 Å². The first kappa shape index (κ1) is 8.54. The molecule has 0 amide bonds. The fourth-order valence-electron chi connectivity index (χ4n) is 1.64. The molecule has 0 N–H and O–H groups in total. The van der Waals surface area contributed by atoms with E-state index in [1.165, 1.54) is 5.57 Å². The molecule has 0 aromatic carbocycles. The van der Waals surface area contributed by atoms with E-state index >= 15 is 0 Å². The monoisotopic (exact) mass is 151 g/mol. The molecule has 1 rings (SSSR count). The summed E-state index contributed by atoms with van der Waals surface area (Å²) in [7, 11) is 4.25. The zero-order valence-corrected chi connectivity index (χ0v) is 7.83. The number of nitrogens with zero attached hydrogens (tertiary/aromatic N) is 1. The molecule has 0 aliphatic heterocycles. The Kier molecular flexibility index (Phi) is 2.50. The summed E-state index contributed by atoms with van der Waals surface area (Å²) in [6.07, 6.45) is 6.80. The number of likely N-dealkylation sites (N-methyl/N-ethyl adjacent to an activating group) is 1. The lowest BCUT2D eigenvalue weighted by atomic mass is 9.93. The first-order valence-corrected chi connectivity index (χ1v) is 4.14. The zero-order valence-electron chi connectivity index (χ0n) is 7.83. The van der Waals surface area contributed by atoms with Crippen LogP contribution in [0.4, 0.5) is 0 Å².